The van der Waals surface area contributed by atoms with E-state index in [0.717, 1.165) is 30.6 Å². The van der Waals surface area contributed by atoms with Crippen molar-refractivity contribution in [1.29, 1.82) is 0 Å². The van der Waals surface area contributed by atoms with Crippen molar-refractivity contribution < 1.29 is 9.84 Å². The minimum absolute atomic E-state index is 0.125. The summed E-state index contributed by atoms with van der Waals surface area (Å²) in [5.41, 5.74) is 7.57. The monoisotopic (exact) mass is 249 g/mol. The summed E-state index contributed by atoms with van der Waals surface area (Å²) in [6.07, 6.45) is 4.17. The van der Waals surface area contributed by atoms with E-state index >= 15 is 0 Å². The largest absolute Gasteiger partial charge is 0.496 e. The topological polar surface area (TPSA) is 55.5 Å². The third kappa shape index (κ3) is 3.03. The highest BCUT2D eigenvalue weighted by molar-refractivity contribution is 5.38. The summed E-state index contributed by atoms with van der Waals surface area (Å²) in [6, 6.07) is 6.21. The second kappa shape index (κ2) is 5.29. The quantitative estimate of drug-likeness (QED) is 0.863. The van der Waals surface area contributed by atoms with E-state index in [0.29, 0.717) is 12.8 Å². The molecule has 1 aliphatic carbocycles. The van der Waals surface area contributed by atoms with Crippen LogP contribution in [0.25, 0.3) is 0 Å². The molecule has 3 heteroatoms. The number of aliphatic hydroxyl groups is 1. The van der Waals surface area contributed by atoms with Crippen molar-refractivity contribution in [3.63, 3.8) is 0 Å². The molecule has 1 fully saturated rings. The van der Waals surface area contributed by atoms with Gasteiger partial charge in [0.25, 0.3) is 0 Å². The molecule has 18 heavy (non-hydrogen) atoms. The van der Waals surface area contributed by atoms with Gasteiger partial charge in [-0.25, -0.2) is 0 Å². The maximum absolute atomic E-state index is 10.7. The zero-order chi connectivity index (χ0) is 13.2. The molecule has 1 saturated carbocycles. The fourth-order valence-corrected chi connectivity index (χ4v) is 2.95. The van der Waals surface area contributed by atoms with Crippen LogP contribution >= 0.6 is 0 Å². The fraction of sp³-hybridized carbons (Fsp3) is 0.600. The van der Waals surface area contributed by atoms with E-state index in [9.17, 15) is 5.11 Å². The van der Waals surface area contributed by atoms with Crippen molar-refractivity contribution in [2.75, 3.05) is 7.11 Å². The number of ether oxygens (including phenoxy) is 1. The molecule has 3 N–H and O–H groups in total. The van der Waals surface area contributed by atoms with Gasteiger partial charge in [0.2, 0.25) is 0 Å². The molecule has 1 aliphatic rings. The van der Waals surface area contributed by atoms with Crippen molar-refractivity contribution in [3.8, 4) is 5.75 Å². The lowest BCUT2D eigenvalue weighted by Crippen LogP contribution is -2.42. The molecule has 0 saturated heterocycles. The summed E-state index contributed by atoms with van der Waals surface area (Å²) < 4.78 is 5.37. The average molecular weight is 249 g/mol. The zero-order valence-corrected chi connectivity index (χ0v) is 11.3. The van der Waals surface area contributed by atoms with Crippen LogP contribution in [-0.4, -0.2) is 23.9 Å². The van der Waals surface area contributed by atoms with Crippen LogP contribution in [0.1, 0.15) is 36.8 Å². The van der Waals surface area contributed by atoms with Crippen LogP contribution in [-0.2, 0) is 6.42 Å². The number of hydrogen-bond acceptors (Lipinski definition) is 3. The molecule has 2 unspecified atom stereocenters. The van der Waals surface area contributed by atoms with Crippen LogP contribution in [0.4, 0.5) is 0 Å². The van der Waals surface area contributed by atoms with E-state index in [-0.39, 0.29) is 6.04 Å². The predicted octanol–water partition coefficient (Wildman–Crippen LogP) is 2.18. The molecule has 0 aromatic heterocycles. The van der Waals surface area contributed by atoms with E-state index in [1.165, 1.54) is 5.56 Å². The first-order valence-corrected chi connectivity index (χ1v) is 6.64. The summed E-state index contributed by atoms with van der Waals surface area (Å²) in [6.45, 7) is 2.06. The number of rotatable bonds is 3. The molecule has 0 bridgehead atoms. The van der Waals surface area contributed by atoms with E-state index < -0.39 is 5.60 Å². The van der Waals surface area contributed by atoms with E-state index in [4.69, 9.17) is 10.5 Å². The van der Waals surface area contributed by atoms with Crippen molar-refractivity contribution in [2.24, 2.45) is 5.73 Å². The third-order valence-corrected chi connectivity index (χ3v) is 3.81. The Balaban J connectivity index is 2.19. The predicted molar refractivity (Wildman–Crippen MR) is 72.8 cm³/mol. The lowest BCUT2D eigenvalue weighted by molar-refractivity contribution is -0.00233. The smallest absolute Gasteiger partial charge is 0.122 e. The van der Waals surface area contributed by atoms with Crippen LogP contribution in [0.3, 0.4) is 0 Å². The lowest BCUT2D eigenvalue weighted by atomic mass is 9.78. The van der Waals surface area contributed by atoms with Gasteiger partial charge in [-0.15, -0.1) is 0 Å². The summed E-state index contributed by atoms with van der Waals surface area (Å²) >= 11 is 0. The van der Waals surface area contributed by atoms with Gasteiger partial charge in [-0.2, -0.15) is 0 Å². The Morgan fingerprint density at radius 2 is 2.28 bits per heavy atom. The molecule has 0 radical (unpaired) electrons. The highest BCUT2D eigenvalue weighted by atomic mass is 16.5. The molecule has 2 atom stereocenters. The van der Waals surface area contributed by atoms with Gasteiger partial charge in [-0.3, -0.25) is 0 Å². The summed E-state index contributed by atoms with van der Waals surface area (Å²) in [5.74, 6) is 0.855. The Kier molecular flexibility index (Phi) is 3.93. The summed E-state index contributed by atoms with van der Waals surface area (Å²) in [7, 11) is 1.67. The number of benzene rings is 1. The number of nitrogens with two attached hydrogens (primary N) is 1. The fourth-order valence-electron chi connectivity index (χ4n) is 2.95. The minimum Gasteiger partial charge on any atom is -0.496 e. The first-order chi connectivity index (χ1) is 8.52. The van der Waals surface area contributed by atoms with E-state index in [1.54, 1.807) is 7.11 Å². The molecule has 1 aromatic carbocycles. The van der Waals surface area contributed by atoms with Crippen molar-refractivity contribution in [1.82, 2.24) is 0 Å². The Morgan fingerprint density at radius 1 is 1.50 bits per heavy atom. The van der Waals surface area contributed by atoms with Gasteiger partial charge in [-0.1, -0.05) is 17.7 Å². The Bertz CT molecular complexity index is 419. The normalized spacial score (nSPS) is 28.1. The minimum atomic E-state index is -0.668. The number of hydrogen-bond donors (Lipinski definition) is 2. The highest BCUT2D eigenvalue weighted by Gasteiger charge is 2.33. The molecule has 0 heterocycles. The van der Waals surface area contributed by atoms with Gasteiger partial charge >= 0.3 is 0 Å². The van der Waals surface area contributed by atoms with Gasteiger partial charge < -0.3 is 15.6 Å². The van der Waals surface area contributed by atoms with Gasteiger partial charge in [0.05, 0.1) is 12.7 Å². The molecule has 1 aromatic rings. The molecular formula is C15H23NO2. The highest BCUT2D eigenvalue weighted by Crippen LogP contribution is 2.33. The van der Waals surface area contributed by atoms with Crippen LogP contribution in [0.5, 0.6) is 5.75 Å². The van der Waals surface area contributed by atoms with Gasteiger partial charge in [0, 0.05) is 12.5 Å². The van der Waals surface area contributed by atoms with Crippen molar-refractivity contribution >= 4 is 0 Å². The summed E-state index contributed by atoms with van der Waals surface area (Å²) in [5, 5.41) is 10.7. The standard InChI is InChI=1S/C15H23NO2/c1-11-5-6-14(18-2)12(8-11)9-15(17)7-3-4-13(16)10-15/h5-6,8,13,17H,3-4,7,9-10,16H2,1-2H3. The molecule has 0 amide bonds. The van der Waals surface area contributed by atoms with Gasteiger partial charge in [0.1, 0.15) is 5.75 Å². The van der Waals surface area contributed by atoms with Crippen molar-refractivity contribution in [3.05, 3.63) is 29.3 Å². The SMILES string of the molecule is COc1ccc(C)cc1CC1(O)CCCC(N)C1. The second-order valence-corrected chi connectivity index (χ2v) is 5.57. The maximum Gasteiger partial charge on any atom is 0.122 e. The molecule has 2 rings (SSSR count). The Labute approximate surface area is 109 Å². The second-order valence-electron chi connectivity index (χ2n) is 5.57. The molecule has 0 spiro atoms. The first-order valence-electron chi connectivity index (χ1n) is 6.64. The zero-order valence-electron chi connectivity index (χ0n) is 11.3. The van der Waals surface area contributed by atoms with Crippen molar-refractivity contribution in [2.45, 2.75) is 50.7 Å². The Hall–Kier alpha value is -1.06. The molecule has 0 aliphatic heterocycles. The van der Waals surface area contributed by atoms with E-state index in [1.807, 2.05) is 12.1 Å². The van der Waals surface area contributed by atoms with Crippen LogP contribution < -0.4 is 10.5 Å². The lowest BCUT2D eigenvalue weighted by Gasteiger charge is -2.35. The van der Waals surface area contributed by atoms with Crippen LogP contribution in [0.15, 0.2) is 18.2 Å². The summed E-state index contributed by atoms with van der Waals surface area (Å²) in [4.78, 5) is 0. The maximum atomic E-state index is 10.7. The van der Waals surface area contributed by atoms with Crippen LogP contribution in [0.2, 0.25) is 0 Å². The molecule has 3 nitrogen and oxygen atoms in total. The number of methoxy groups -OCH3 is 1. The van der Waals surface area contributed by atoms with Gasteiger partial charge in [0.15, 0.2) is 0 Å². The average Bonchev–Trinajstić information content (AvgIpc) is 2.28. The van der Waals surface area contributed by atoms with Crippen LogP contribution in [0, 0.1) is 6.92 Å². The Morgan fingerprint density at radius 3 is 2.94 bits per heavy atom. The third-order valence-electron chi connectivity index (χ3n) is 3.81. The molecule has 100 valence electrons. The number of aryl methyl sites for hydroxylation is 1. The van der Waals surface area contributed by atoms with Gasteiger partial charge in [-0.05, 0) is 44.2 Å². The van der Waals surface area contributed by atoms with E-state index in [2.05, 4.69) is 13.0 Å². The first kappa shape index (κ1) is 13.4. The molecular weight excluding hydrogens is 226 g/mol.